The van der Waals surface area contributed by atoms with Crippen LogP contribution in [0.15, 0.2) is 34.9 Å². The van der Waals surface area contributed by atoms with Crippen LogP contribution >= 0.6 is 11.3 Å². The first-order valence-electron chi connectivity index (χ1n) is 4.06. The van der Waals surface area contributed by atoms with Crippen LogP contribution in [0.1, 0.15) is 10.6 Å². The summed E-state index contributed by atoms with van der Waals surface area (Å²) in [6.07, 6.45) is 5.62. The lowest BCUT2D eigenvalue weighted by atomic mass is 10.3. The van der Waals surface area contributed by atoms with E-state index in [9.17, 15) is 0 Å². The van der Waals surface area contributed by atoms with Crippen molar-refractivity contribution in [2.45, 2.75) is 5.16 Å². The van der Waals surface area contributed by atoms with E-state index in [1.807, 2.05) is 29.7 Å². The molecule has 2 nitrogen and oxygen atoms in total. The fourth-order valence-corrected chi connectivity index (χ4v) is 1.78. The van der Waals surface area contributed by atoms with E-state index in [1.165, 1.54) is 4.88 Å². The van der Waals surface area contributed by atoms with Crippen LogP contribution in [0.2, 0.25) is 0 Å². The van der Waals surface area contributed by atoms with Crippen LogP contribution in [-0.4, -0.2) is 9.97 Å². The van der Waals surface area contributed by atoms with Gasteiger partial charge in [0.15, 0.2) is 0 Å². The third kappa shape index (κ3) is 2.37. The molecule has 2 heterocycles. The van der Waals surface area contributed by atoms with Gasteiger partial charge in [0, 0.05) is 16.2 Å². The summed E-state index contributed by atoms with van der Waals surface area (Å²) in [4.78, 5) is 9.15. The smallest absolute Gasteiger partial charge is 0.0645 e. The molecule has 14 heavy (non-hydrogen) atoms. The van der Waals surface area contributed by atoms with E-state index < -0.39 is 0 Å². The molecule has 4 heteroatoms. The first kappa shape index (κ1) is 9.30. The third-order valence-electron chi connectivity index (χ3n) is 1.62. The summed E-state index contributed by atoms with van der Waals surface area (Å²) in [6, 6.07) is 5.90. The monoisotopic (exact) mass is 219 g/mol. The minimum atomic E-state index is 0.387. The second kappa shape index (κ2) is 4.30. The number of aromatic nitrogens is 2. The number of hydrogen-bond acceptors (Lipinski definition) is 4. The Balaban J connectivity index is 2.18. The average molecular weight is 219 g/mol. The first-order chi connectivity index (χ1) is 6.84. The van der Waals surface area contributed by atoms with Crippen LogP contribution in [-0.2, 0) is 12.6 Å². The topological polar surface area (TPSA) is 25.8 Å². The molecule has 0 aliphatic rings. The van der Waals surface area contributed by atoms with Crippen molar-refractivity contribution in [2.75, 3.05) is 0 Å². The highest BCUT2D eigenvalue weighted by atomic mass is 32.1. The first-order valence-corrected chi connectivity index (χ1v) is 5.35. The molecule has 0 fully saturated rings. The van der Waals surface area contributed by atoms with E-state index in [4.69, 9.17) is 12.6 Å². The Morgan fingerprint density at radius 2 is 2.21 bits per heavy atom. The normalized spacial score (nSPS) is 10.9. The predicted octanol–water partition coefficient (Wildman–Crippen LogP) is 2.61. The highest BCUT2D eigenvalue weighted by Crippen LogP contribution is 2.12. The summed E-state index contributed by atoms with van der Waals surface area (Å²) in [5.74, 6) is 0. The zero-order valence-electron chi connectivity index (χ0n) is 7.25. The molecule has 0 saturated heterocycles. The van der Waals surface area contributed by atoms with Crippen molar-refractivity contribution in [3.63, 3.8) is 0 Å². The second-order valence-corrected chi connectivity index (χ2v) is 3.96. The molecule has 0 unspecified atom stereocenters. The number of nitrogens with zero attached hydrogens (tertiary/aromatic N) is 2. The summed E-state index contributed by atoms with van der Waals surface area (Å²) in [6.45, 7) is 0. The molecule has 0 aromatic carbocycles. The molecule has 0 aliphatic carbocycles. The summed E-state index contributed by atoms with van der Waals surface area (Å²) in [5, 5.41) is 2.43. The van der Waals surface area contributed by atoms with Gasteiger partial charge < -0.3 is 12.6 Å². The van der Waals surface area contributed by atoms with Gasteiger partial charge in [0.05, 0.1) is 5.69 Å². The van der Waals surface area contributed by atoms with Crippen molar-refractivity contribution < 1.29 is 0 Å². The van der Waals surface area contributed by atoms with Crippen molar-refractivity contribution in [1.29, 1.82) is 0 Å². The van der Waals surface area contributed by atoms with E-state index in [1.54, 1.807) is 17.5 Å². The summed E-state index contributed by atoms with van der Waals surface area (Å²) < 4.78 is 0. The van der Waals surface area contributed by atoms with Gasteiger partial charge in [-0.2, -0.15) is 0 Å². The highest BCUT2D eigenvalue weighted by Gasteiger charge is 1.88. The van der Waals surface area contributed by atoms with E-state index in [0.717, 1.165) is 5.69 Å². The van der Waals surface area contributed by atoms with Gasteiger partial charge in [0.2, 0.25) is 0 Å². The Bertz CT molecular complexity index is 435. The van der Waals surface area contributed by atoms with E-state index in [2.05, 4.69) is 16.0 Å². The molecule has 0 amide bonds. The maximum atomic E-state index is 4.86. The standard InChI is InChI=1S/C10H8N2S2/c13-10-11-6-5-8(12-10)3-4-9-2-1-7-14-9/h1-7H,(H,11,12,13)/p-1. The largest absolute Gasteiger partial charge is 0.740 e. The van der Waals surface area contributed by atoms with Gasteiger partial charge in [-0.15, -0.1) is 11.3 Å². The van der Waals surface area contributed by atoms with Gasteiger partial charge in [0.1, 0.15) is 0 Å². The molecule has 0 bridgehead atoms. The van der Waals surface area contributed by atoms with Crippen LogP contribution in [0.3, 0.4) is 0 Å². The van der Waals surface area contributed by atoms with Crippen LogP contribution in [0.25, 0.3) is 12.2 Å². The van der Waals surface area contributed by atoms with Gasteiger partial charge >= 0.3 is 0 Å². The van der Waals surface area contributed by atoms with Gasteiger partial charge in [-0.05, 0) is 29.7 Å². The van der Waals surface area contributed by atoms with E-state index in [0.29, 0.717) is 5.16 Å². The number of hydrogen-bond donors (Lipinski definition) is 0. The SMILES string of the molecule is [S-]c1nccc(C=Cc2cccs2)n1. The Hall–Kier alpha value is -1.26. The zero-order chi connectivity index (χ0) is 9.80. The van der Waals surface area contributed by atoms with Crippen molar-refractivity contribution >= 4 is 36.1 Å². The number of thiophene rings is 1. The third-order valence-corrected chi connectivity index (χ3v) is 2.65. The van der Waals surface area contributed by atoms with E-state index in [-0.39, 0.29) is 0 Å². The predicted molar refractivity (Wildman–Crippen MR) is 60.9 cm³/mol. The summed E-state index contributed by atoms with van der Waals surface area (Å²) >= 11 is 6.55. The molecule has 2 aromatic rings. The lowest BCUT2D eigenvalue weighted by Gasteiger charge is -2.01. The van der Waals surface area contributed by atoms with Crippen molar-refractivity contribution in [3.8, 4) is 0 Å². The maximum Gasteiger partial charge on any atom is 0.0645 e. The van der Waals surface area contributed by atoms with Gasteiger partial charge in [-0.25, -0.2) is 0 Å². The molecule has 0 spiro atoms. The van der Waals surface area contributed by atoms with Crippen molar-refractivity contribution in [1.82, 2.24) is 9.97 Å². The van der Waals surface area contributed by atoms with Crippen LogP contribution in [0, 0.1) is 0 Å². The molecule has 0 N–H and O–H groups in total. The maximum absolute atomic E-state index is 4.86. The Morgan fingerprint density at radius 1 is 1.29 bits per heavy atom. The number of rotatable bonds is 2. The minimum absolute atomic E-state index is 0.387. The molecular formula is C10H7N2S2-. The quantitative estimate of drug-likeness (QED) is 0.573. The molecule has 2 aromatic heterocycles. The lowest BCUT2D eigenvalue weighted by Crippen LogP contribution is -1.86. The second-order valence-electron chi connectivity index (χ2n) is 2.61. The molecular weight excluding hydrogens is 212 g/mol. The molecule has 70 valence electrons. The summed E-state index contributed by atoms with van der Waals surface area (Å²) in [7, 11) is 0. The zero-order valence-corrected chi connectivity index (χ0v) is 8.89. The van der Waals surface area contributed by atoms with Crippen LogP contribution < -0.4 is 0 Å². The van der Waals surface area contributed by atoms with Crippen LogP contribution in [0.4, 0.5) is 0 Å². The van der Waals surface area contributed by atoms with Crippen molar-refractivity contribution in [2.24, 2.45) is 0 Å². The molecule has 2 rings (SSSR count). The fraction of sp³-hybridized carbons (Fsp3) is 0. The van der Waals surface area contributed by atoms with Gasteiger partial charge in [-0.3, -0.25) is 9.97 Å². The van der Waals surface area contributed by atoms with Crippen LogP contribution in [0.5, 0.6) is 0 Å². The fourth-order valence-electron chi connectivity index (χ4n) is 1.00. The molecule has 0 atom stereocenters. The Kier molecular flexibility index (Phi) is 2.86. The van der Waals surface area contributed by atoms with E-state index >= 15 is 0 Å². The van der Waals surface area contributed by atoms with Gasteiger partial charge in [0.25, 0.3) is 0 Å². The Labute approximate surface area is 91.8 Å². The highest BCUT2D eigenvalue weighted by molar-refractivity contribution is 7.58. The lowest BCUT2D eigenvalue weighted by molar-refractivity contribution is 0.964. The molecule has 0 saturated carbocycles. The molecule has 0 aliphatic heterocycles. The molecule has 0 radical (unpaired) electrons. The van der Waals surface area contributed by atoms with Crippen molar-refractivity contribution in [3.05, 3.63) is 40.3 Å². The Morgan fingerprint density at radius 3 is 2.93 bits per heavy atom. The average Bonchev–Trinajstić information content (AvgIpc) is 2.67. The summed E-state index contributed by atoms with van der Waals surface area (Å²) in [5.41, 5.74) is 0.846. The van der Waals surface area contributed by atoms with Gasteiger partial charge in [-0.1, -0.05) is 6.07 Å². The minimum Gasteiger partial charge on any atom is -0.740 e.